The van der Waals surface area contributed by atoms with Gasteiger partial charge in [0, 0.05) is 0 Å². The van der Waals surface area contributed by atoms with Crippen LogP contribution in [0.1, 0.15) is 17.2 Å². The molecule has 114 valence electrons. The van der Waals surface area contributed by atoms with E-state index in [0.717, 1.165) is 9.87 Å². The van der Waals surface area contributed by atoms with Crippen molar-refractivity contribution in [3.8, 4) is 0 Å². The van der Waals surface area contributed by atoms with E-state index >= 15 is 0 Å². The molecule has 0 spiro atoms. The molecule has 2 aromatic carbocycles. The SMILES string of the molecule is O=C1OC(c2ccccc2)CN1S(=O)(=O)Cc1ccccc1. The molecule has 0 bridgehead atoms. The van der Waals surface area contributed by atoms with Crippen LogP contribution in [0.15, 0.2) is 60.7 Å². The molecule has 0 aliphatic carbocycles. The Kier molecular flexibility index (Phi) is 3.85. The lowest BCUT2D eigenvalue weighted by Crippen LogP contribution is -2.32. The molecule has 1 saturated heterocycles. The lowest BCUT2D eigenvalue weighted by Gasteiger charge is -2.13. The van der Waals surface area contributed by atoms with Crippen LogP contribution in [0.2, 0.25) is 0 Å². The Bertz CT molecular complexity index is 759. The second-order valence-electron chi connectivity index (χ2n) is 5.06. The van der Waals surface area contributed by atoms with Crippen molar-refractivity contribution in [1.29, 1.82) is 0 Å². The predicted octanol–water partition coefficient (Wildman–Crippen LogP) is 2.71. The Morgan fingerprint density at radius 2 is 1.59 bits per heavy atom. The third-order valence-corrected chi connectivity index (χ3v) is 5.15. The summed E-state index contributed by atoms with van der Waals surface area (Å²) in [6, 6.07) is 17.9. The van der Waals surface area contributed by atoms with Crippen LogP contribution in [0.3, 0.4) is 0 Å². The summed E-state index contributed by atoms with van der Waals surface area (Å²) in [5.74, 6) is -0.218. The minimum Gasteiger partial charge on any atom is -0.439 e. The number of hydrogen-bond donors (Lipinski definition) is 0. The highest BCUT2D eigenvalue weighted by molar-refractivity contribution is 7.88. The minimum absolute atomic E-state index is 0.0119. The van der Waals surface area contributed by atoms with Crippen LogP contribution < -0.4 is 0 Å². The summed E-state index contributed by atoms with van der Waals surface area (Å²) < 4.78 is 30.8. The van der Waals surface area contributed by atoms with Gasteiger partial charge in [0.15, 0.2) is 0 Å². The third-order valence-electron chi connectivity index (χ3n) is 3.48. The number of benzene rings is 2. The molecule has 1 atom stereocenters. The fraction of sp³-hybridized carbons (Fsp3) is 0.188. The largest absolute Gasteiger partial charge is 0.439 e. The summed E-state index contributed by atoms with van der Waals surface area (Å²) in [6.45, 7) is 0.0119. The molecule has 1 heterocycles. The van der Waals surface area contributed by atoms with Gasteiger partial charge in [-0.05, 0) is 11.1 Å². The van der Waals surface area contributed by atoms with E-state index in [1.165, 1.54) is 0 Å². The molecule has 0 radical (unpaired) electrons. The lowest BCUT2D eigenvalue weighted by atomic mass is 10.1. The predicted molar refractivity (Wildman–Crippen MR) is 81.4 cm³/mol. The molecule has 0 saturated carbocycles. The molecule has 1 aliphatic rings. The fourth-order valence-electron chi connectivity index (χ4n) is 2.37. The van der Waals surface area contributed by atoms with E-state index in [1.54, 1.807) is 24.3 Å². The number of sulfonamides is 1. The first kappa shape index (κ1) is 14.6. The highest BCUT2D eigenvalue weighted by atomic mass is 32.2. The zero-order valence-electron chi connectivity index (χ0n) is 11.8. The van der Waals surface area contributed by atoms with Gasteiger partial charge in [-0.2, -0.15) is 4.31 Å². The van der Waals surface area contributed by atoms with Crippen LogP contribution in [-0.2, 0) is 20.5 Å². The number of carbonyl (C=O) groups is 1. The number of amides is 1. The maximum absolute atomic E-state index is 12.4. The molecule has 1 fully saturated rings. The minimum atomic E-state index is -3.74. The summed E-state index contributed by atoms with van der Waals surface area (Å²) >= 11 is 0. The molecule has 2 aromatic rings. The molecular formula is C16H15NO4S. The van der Waals surface area contributed by atoms with E-state index in [-0.39, 0.29) is 12.3 Å². The van der Waals surface area contributed by atoms with Gasteiger partial charge in [0.25, 0.3) is 0 Å². The quantitative estimate of drug-likeness (QED) is 0.870. The van der Waals surface area contributed by atoms with Crippen molar-refractivity contribution in [3.05, 3.63) is 71.8 Å². The molecule has 3 rings (SSSR count). The maximum Gasteiger partial charge on any atom is 0.424 e. The van der Waals surface area contributed by atoms with Gasteiger partial charge in [-0.1, -0.05) is 60.7 Å². The highest BCUT2D eigenvalue weighted by Gasteiger charge is 2.39. The number of cyclic esters (lactones) is 1. The first-order valence-electron chi connectivity index (χ1n) is 6.86. The zero-order chi connectivity index (χ0) is 15.6. The standard InChI is InChI=1S/C16H15NO4S/c18-16-17(11-15(21-16)14-9-5-2-6-10-14)22(19,20)12-13-7-3-1-4-8-13/h1-10,15H,11-12H2. The average molecular weight is 317 g/mol. The molecule has 0 aromatic heterocycles. The van der Waals surface area contributed by atoms with Crippen molar-refractivity contribution in [3.63, 3.8) is 0 Å². The van der Waals surface area contributed by atoms with E-state index in [0.29, 0.717) is 5.56 Å². The van der Waals surface area contributed by atoms with E-state index in [2.05, 4.69) is 0 Å². The van der Waals surface area contributed by atoms with Gasteiger partial charge in [0.2, 0.25) is 10.0 Å². The van der Waals surface area contributed by atoms with Gasteiger partial charge >= 0.3 is 6.09 Å². The second-order valence-corrected chi connectivity index (χ2v) is 6.95. The van der Waals surface area contributed by atoms with Gasteiger partial charge in [-0.25, -0.2) is 13.2 Å². The molecule has 1 unspecified atom stereocenters. The van der Waals surface area contributed by atoms with E-state index in [4.69, 9.17) is 4.74 Å². The topological polar surface area (TPSA) is 63.7 Å². The van der Waals surface area contributed by atoms with Crippen LogP contribution in [-0.4, -0.2) is 25.4 Å². The average Bonchev–Trinajstić information content (AvgIpc) is 2.92. The molecule has 1 aliphatic heterocycles. The van der Waals surface area contributed by atoms with Gasteiger partial charge in [0.05, 0.1) is 12.3 Å². The first-order valence-corrected chi connectivity index (χ1v) is 8.47. The molecule has 0 N–H and O–H groups in total. The van der Waals surface area contributed by atoms with Crippen molar-refractivity contribution in [1.82, 2.24) is 4.31 Å². The first-order chi connectivity index (χ1) is 10.6. The van der Waals surface area contributed by atoms with Crippen LogP contribution in [0.4, 0.5) is 4.79 Å². The van der Waals surface area contributed by atoms with Gasteiger partial charge < -0.3 is 4.74 Å². The fourth-order valence-corrected chi connectivity index (χ4v) is 3.78. The van der Waals surface area contributed by atoms with Gasteiger partial charge in [0.1, 0.15) is 6.10 Å². The summed E-state index contributed by atoms with van der Waals surface area (Å²) in [6.07, 6.45) is -1.37. The highest BCUT2D eigenvalue weighted by Crippen LogP contribution is 2.28. The zero-order valence-corrected chi connectivity index (χ0v) is 12.6. The van der Waals surface area contributed by atoms with Crippen LogP contribution in [0, 0.1) is 0 Å². The summed E-state index contributed by atoms with van der Waals surface area (Å²) in [4.78, 5) is 11.9. The van der Waals surface area contributed by atoms with Gasteiger partial charge in [-0.3, -0.25) is 0 Å². The number of ether oxygens (including phenoxy) is 1. The van der Waals surface area contributed by atoms with Crippen molar-refractivity contribution >= 4 is 16.1 Å². The Balaban J connectivity index is 1.79. The summed E-state index contributed by atoms with van der Waals surface area (Å²) in [5, 5.41) is 0. The van der Waals surface area contributed by atoms with Crippen molar-refractivity contribution in [2.45, 2.75) is 11.9 Å². The number of nitrogens with zero attached hydrogens (tertiary/aromatic N) is 1. The van der Waals surface area contributed by atoms with E-state index in [9.17, 15) is 13.2 Å². The van der Waals surface area contributed by atoms with Crippen LogP contribution >= 0.6 is 0 Å². The lowest BCUT2D eigenvalue weighted by molar-refractivity contribution is 0.137. The number of rotatable bonds is 4. The maximum atomic E-state index is 12.4. The molecule has 1 amide bonds. The molecule has 6 heteroatoms. The van der Waals surface area contributed by atoms with Crippen molar-refractivity contribution in [2.24, 2.45) is 0 Å². The smallest absolute Gasteiger partial charge is 0.424 e. The van der Waals surface area contributed by atoms with Crippen molar-refractivity contribution in [2.75, 3.05) is 6.54 Å². The summed E-state index contributed by atoms with van der Waals surface area (Å²) in [7, 11) is -3.74. The van der Waals surface area contributed by atoms with Crippen LogP contribution in [0.5, 0.6) is 0 Å². The Morgan fingerprint density at radius 3 is 2.23 bits per heavy atom. The molecule has 5 nitrogen and oxygen atoms in total. The molecule has 22 heavy (non-hydrogen) atoms. The number of hydrogen-bond acceptors (Lipinski definition) is 4. The monoisotopic (exact) mass is 317 g/mol. The second kappa shape index (κ2) is 5.81. The summed E-state index contributed by atoms with van der Waals surface area (Å²) in [5.41, 5.74) is 1.42. The third kappa shape index (κ3) is 2.96. The Hall–Kier alpha value is -2.34. The molecular weight excluding hydrogens is 302 g/mol. The number of carbonyl (C=O) groups excluding carboxylic acids is 1. The van der Waals surface area contributed by atoms with Crippen molar-refractivity contribution < 1.29 is 17.9 Å². The normalized spacial score (nSPS) is 18.3. The van der Waals surface area contributed by atoms with Crippen LogP contribution in [0.25, 0.3) is 0 Å². The van der Waals surface area contributed by atoms with Gasteiger partial charge in [-0.15, -0.1) is 0 Å². The Labute approximate surface area is 129 Å². The van der Waals surface area contributed by atoms with E-state index < -0.39 is 22.2 Å². The Morgan fingerprint density at radius 1 is 1.00 bits per heavy atom. The van der Waals surface area contributed by atoms with E-state index in [1.807, 2.05) is 36.4 Å².